The minimum atomic E-state index is 0.669. The first-order valence-corrected chi connectivity index (χ1v) is 6.59. The Labute approximate surface area is 114 Å². The fourth-order valence-electron chi connectivity index (χ4n) is 1.72. The lowest BCUT2D eigenvalue weighted by atomic mass is 10.3. The van der Waals surface area contributed by atoms with Gasteiger partial charge in [0.2, 0.25) is 0 Å². The van der Waals surface area contributed by atoms with Gasteiger partial charge in [0.05, 0.1) is 39.3 Å². The van der Waals surface area contributed by atoms with E-state index in [9.17, 15) is 0 Å². The Hall–Kier alpha value is -0.810. The number of aromatic nitrogens is 4. The largest absolute Gasteiger partial charge is 0.269 e. The third kappa shape index (κ3) is 2.26. The molecular weight excluding hydrogens is 304 g/mol. The molecule has 0 aliphatic carbocycles. The highest BCUT2D eigenvalue weighted by molar-refractivity contribution is 9.10. The molecule has 0 spiro atoms. The first-order valence-electron chi connectivity index (χ1n) is 5.42. The van der Waals surface area contributed by atoms with Gasteiger partial charge in [-0.2, -0.15) is 10.2 Å². The van der Waals surface area contributed by atoms with E-state index in [0.717, 1.165) is 28.0 Å². The molecule has 0 aliphatic heterocycles. The number of hydrogen-bond donors (Lipinski definition) is 0. The fourth-order valence-corrected chi connectivity index (χ4v) is 2.60. The van der Waals surface area contributed by atoms with Gasteiger partial charge < -0.3 is 0 Å². The second-order valence-corrected chi connectivity index (χ2v) is 5.12. The zero-order valence-corrected chi connectivity index (χ0v) is 12.4. The third-order valence-electron chi connectivity index (χ3n) is 2.85. The van der Waals surface area contributed by atoms with Crippen LogP contribution in [-0.2, 0) is 20.0 Å². The van der Waals surface area contributed by atoms with Crippen molar-refractivity contribution in [1.29, 1.82) is 0 Å². The fraction of sp³-hybridized carbons (Fsp3) is 0.455. The minimum absolute atomic E-state index is 0.669. The summed E-state index contributed by atoms with van der Waals surface area (Å²) in [4.78, 5) is 0. The molecule has 4 nitrogen and oxygen atoms in total. The van der Waals surface area contributed by atoms with Crippen LogP contribution in [0.15, 0.2) is 10.7 Å². The van der Waals surface area contributed by atoms with Crippen LogP contribution < -0.4 is 0 Å². The van der Waals surface area contributed by atoms with E-state index in [1.807, 2.05) is 23.3 Å². The van der Waals surface area contributed by atoms with Gasteiger partial charge in [-0.15, -0.1) is 0 Å². The van der Waals surface area contributed by atoms with Crippen molar-refractivity contribution in [3.63, 3.8) is 0 Å². The summed E-state index contributed by atoms with van der Waals surface area (Å²) in [5, 5.41) is 9.40. The topological polar surface area (TPSA) is 35.6 Å². The van der Waals surface area contributed by atoms with Crippen LogP contribution in [0, 0.1) is 6.92 Å². The average Bonchev–Trinajstić information content (AvgIpc) is 2.76. The van der Waals surface area contributed by atoms with Crippen LogP contribution in [0.25, 0.3) is 0 Å². The first-order chi connectivity index (χ1) is 8.04. The molecule has 0 amide bonds. The van der Waals surface area contributed by atoms with Crippen molar-refractivity contribution in [2.24, 2.45) is 7.05 Å². The normalized spacial score (nSPS) is 11.1. The van der Waals surface area contributed by atoms with Crippen molar-refractivity contribution in [3.05, 3.63) is 32.8 Å². The Bertz CT molecular complexity index is 544. The maximum absolute atomic E-state index is 5.99. The van der Waals surface area contributed by atoms with Gasteiger partial charge in [-0.05, 0) is 29.3 Å². The Morgan fingerprint density at radius 2 is 2.18 bits per heavy atom. The van der Waals surface area contributed by atoms with Gasteiger partial charge in [0.1, 0.15) is 0 Å². The summed E-state index contributed by atoms with van der Waals surface area (Å²) in [6.45, 7) is 4.72. The van der Waals surface area contributed by atoms with Crippen molar-refractivity contribution < 1.29 is 0 Å². The van der Waals surface area contributed by atoms with Gasteiger partial charge >= 0.3 is 0 Å². The molecule has 0 N–H and O–H groups in total. The zero-order valence-electron chi connectivity index (χ0n) is 10.0. The summed E-state index contributed by atoms with van der Waals surface area (Å²) in [7, 11) is 1.94. The van der Waals surface area contributed by atoms with Gasteiger partial charge in [0.25, 0.3) is 0 Å². The Kier molecular flexibility index (Phi) is 3.58. The number of hydrogen-bond acceptors (Lipinski definition) is 2. The van der Waals surface area contributed by atoms with Gasteiger partial charge in [0.15, 0.2) is 0 Å². The standard InChI is InChI=1S/C11H14BrClN4/c1-4-9-11(12)10(16(3)15-9)6-17-7(2)8(13)5-14-17/h5H,4,6H2,1-3H3. The maximum atomic E-state index is 5.99. The summed E-state index contributed by atoms with van der Waals surface area (Å²) in [5.74, 6) is 0. The average molecular weight is 318 g/mol. The van der Waals surface area contributed by atoms with Crippen molar-refractivity contribution in [2.45, 2.75) is 26.8 Å². The second kappa shape index (κ2) is 4.82. The molecule has 0 aliphatic rings. The van der Waals surface area contributed by atoms with Crippen molar-refractivity contribution >= 4 is 27.5 Å². The van der Waals surface area contributed by atoms with Crippen molar-refractivity contribution in [3.8, 4) is 0 Å². The molecule has 6 heteroatoms. The van der Waals surface area contributed by atoms with E-state index in [2.05, 4.69) is 33.1 Å². The SMILES string of the molecule is CCc1nn(C)c(Cn2ncc(Cl)c2C)c1Br. The molecule has 2 heterocycles. The number of halogens is 2. The summed E-state index contributed by atoms with van der Waals surface area (Å²) >= 11 is 9.58. The van der Waals surface area contributed by atoms with E-state index in [0.29, 0.717) is 11.6 Å². The zero-order chi connectivity index (χ0) is 12.6. The molecule has 2 rings (SSSR count). The van der Waals surface area contributed by atoms with Crippen LogP contribution in [-0.4, -0.2) is 19.6 Å². The van der Waals surface area contributed by atoms with Gasteiger partial charge in [0, 0.05) is 7.05 Å². The molecule has 0 bridgehead atoms. The third-order valence-corrected chi connectivity index (χ3v) is 4.13. The van der Waals surface area contributed by atoms with Crippen LogP contribution in [0.2, 0.25) is 5.02 Å². The molecule has 0 radical (unpaired) electrons. The summed E-state index contributed by atoms with van der Waals surface area (Å²) in [6, 6.07) is 0. The van der Waals surface area contributed by atoms with E-state index >= 15 is 0 Å². The van der Waals surface area contributed by atoms with Gasteiger partial charge in [-0.1, -0.05) is 18.5 Å². The maximum Gasteiger partial charge on any atom is 0.0843 e. The lowest BCUT2D eigenvalue weighted by molar-refractivity contribution is 0.604. The molecule has 0 aromatic carbocycles. The molecular formula is C11H14BrClN4. The highest BCUT2D eigenvalue weighted by Gasteiger charge is 2.14. The van der Waals surface area contributed by atoms with E-state index in [-0.39, 0.29) is 0 Å². The summed E-state index contributed by atoms with van der Waals surface area (Å²) < 4.78 is 4.83. The van der Waals surface area contributed by atoms with Crippen LogP contribution >= 0.6 is 27.5 Å². The van der Waals surface area contributed by atoms with Crippen LogP contribution in [0.1, 0.15) is 24.0 Å². The number of nitrogens with zero attached hydrogens (tertiary/aromatic N) is 4. The Morgan fingerprint density at radius 1 is 1.47 bits per heavy atom. The van der Waals surface area contributed by atoms with Gasteiger partial charge in [-0.3, -0.25) is 9.36 Å². The van der Waals surface area contributed by atoms with Crippen LogP contribution in [0.3, 0.4) is 0 Å². The lowest BCUT2D eigenvalue weighted by Crippen LogP contribution is -2.08. The van der Waals surface area contributed by atoms with Crippen LogP contribution in [0.4, 0.5) is 0 Å². The molecule has 0 saturated carbocycles. The smallest absolute Gasteiger partial charge is 0.0843 e. The minimum Gasteiger partial charge on any atom is -0.269 e. The molecule has 0 saturated heterocycles. The molecule has 0 fully saturated rings. The molecule has 92 valence electrons. The van der Waals surface area contributed by atoms with E-state index < -0.39 is 0 Å². The highest BCUT2D eigenvalue weighted by Crippen LogP contribution is 2.23. The molecule has 17 heavy (non-hydrogen) atoms. The quantitative estimate of drug-likeness (QED) is 0.872. The molecule has 2 aromatic rings. The van der Waals surface area contributed by atoms with Crippen LogP contribution in [0.5, 0.6) is 0 Å². The first kappa shape index (κ1) is 12.6. The molecule has 0 atom stereocenters. The Balaban J connectivity index is 2.36. The predicted molar refractivity (Wildman–Crippen MR) is 71.4 cm³/mol. The second-order valence-electron chi connectivity index (χ2n) is 3.92. The lowest BCUT2D eigenvalue weighted by Gasteiger charge is -2.05. The van der Waals surface area contributed by atoms with E-state index in [1.54, 1.807) is 6.20 Å². The highest BCUT2D eigenvalue weighted by atomic mass is 79.9. The van der Waals surface area contributed by atoms with E-state index in [1.165, 1.54) is 0 Å². The summed E-state index contributed by atoms with van der Waals surface area (Å²) in [6.07, 6.45) is 2.58. The summed E-state index contributed by atoms with van der Waals surface area (Å²) in [5.41, 5.74) is 3.14. The monoisotopic (exact) mass is 316 g/mol. The van der Waals surface area contributed by atoms with Gasteiger partial charge in [-0.25, -0.2) is 0 Å². The number of aryl methyl sites for hydroxylation is 2. The Morgan fingerprint density at radius 3 is 2.65 bits per heavy atom. The molecule has 0 unspecified atom stereocenters. The van der Waals surface area contributed by atoms with Crippen molar-refractivity contribution in [2.75, 3.05) is 0 Å². The number of rotatable bonds is 3. The van der Waals surface area contributed by atoms with Crippen molar-refractivity contribution in [1.82, 2.24) is 19.6 Å². The van der Waals surface area contributed by atoms with E-state index in [4.69, 9.17) is 11.6 Å². The molecule has 2 aromatic heterocycles. The predicted octanol–water partition coefficient (Wildman–Crippen LogP) is 2.95.